The van der Waals surface area contributed by atoms with Gasteiger partial charge in [-0.05, 0) is 54.4 Å². The Kier molecular flexibility index (Phi) is 8.89. The maximum absolute atomic E-state index is 14.9. The van der Waals surface area contributed by atoms with E-state index < -0.39 is 62.7 Å². The summed E-state index contributed by atoms with van der Waals surface area (Å²) in [5.74, 6) is -6.45. The van der Waals surface area contributed by atoms with Crippen LogP contribution >= 0.6 is 46.4 Å². The van der Waals surface area contributed by atoms with Crippen molar-refractivity contribution < 1.29 is 27.6 Å². The molecule has 0 heterocycles. The number of amides is 3. The van der Waals surface area contributed by atoms with Crippen LogP contribution in [0.3, 0.4) is 0 Å². The number of hydrogen-bond acceptors (Lipinski definition) is 3. The summed E-state index contributed by atoms with van der Waals surface area (Å²) in [6.45, 7) is 1.73. The van der Waals surface area contributed by atoms with Gasteiger partial charge in [-0.1, -0.05) is 36.2 Å². The van der Waals surface area contributed by atoms with Crippen LogP contribution in [0.2, 0.25) is 10.0 Å². The molecule has 0 saturated heterocycles. The first-order valence-corrected chi connectivity index (χ1v) is 13.4. The molecule has 4 rings (SSSR count). The average Bonchev–Trinajstić information content (AvgIpc) is 3.48. The van der Waals surface area contributed by atoms with Crippen LogP contribution in [0.1, 0.15) is 41.6 Å². The van der Waals surface area contributed by atoms with Gasteiger partial charge in [-0.25, -0.2) is 13.2 Å². The molecule has 3 aromatic carbocycles. The number of benzene rings is 3. The molecule has 3 N–H and O–H groups in total. The van der Waals surface area contributed by atoms with Crippen molar-refractivity contribution in [3.05, 3.63) is 87.2 Å². The molecule has 1 saturated carbocycles. The number of alkyl halides is 2. The van der Waals surface area contributed by atoms with Crippen molar-refractivity contribution in [2.75, 3.05) is 16.0 Å². The third kappa shape index (κ3) is 6.17. The van der Waals surface area contributed by atoms with Crippen LogP contribution in [0, 0.1) is 23.4 Å². The zero-order valence-corrected chi connectivity index (χ0v) is 23.6. The molecule has 0 radical (unpaired) electrons. The molecule has 40 heavy (non-hydrogen) atoms. The van der Waals surface area contributed by atoms with Crippen molar-refractivity contribution >= 4 is 81.2 Å². The van der Waals surface area contributed by atoms with Crippen molar-refractivity contribution in [2.45, 2.75) is 30.0 Å². The van der Waals surface area contributed by atoms with Crippen LogP contribution in [-0.4, -0.2) is 22.1 Å². The van der Waals surface area contributed by atoms with Gasteiger partial charge in [-0.2, -0.15) is 0 Å². The SMILES string of the molecule is CCCC(=O)Nc1c(F)ccc(NC(=O)c2cc(NC(=O)[C@H]3[C@H](c4ccc(F)c(Cl)c4)C3(Cl)Cl)ccc2Cl)c1F. The third-order valence-electron chi connectivity index (χ3n) is 6.20. The first-order chi connectivity index (χ1) is 18.8. The van der Waals surface area contributed by atoms with E-state index >= 15 is 0 Å². The number of halogens is 7. The summed E-state index contributed by atoms with van der Waals surface area (Å²) >= 11 is 24.7. The van der Waals surface area contributed by atoms with Gasteiger partial charge in [0.05, 0.1) is 27.2 Å². The number of carbonyl (C=O) groups is 3. The number of anilines is 3. The first kappa shape index (κ1) is 30.0. The second kappa shape index (κ2) is 11.9. The maximum atomic E-state index is 14.9. The fourth-order valence-electron chi connectivity index (χ4n) is 4.15. The minimum atomic E-state index is -1.48. The monoisotopic (exact) mass is 631 g/mol. The second-order valence-corrected chi connectivity index (χ2v) is 11.3. The van der Waals surface area contributed by atoms with Crippen molar-refractivity contribution in [3.8, 4) is 0 Å². The van der Waals surface area contributed by atoms with E-state index in [1.165, 1.54) is 30.3 Å². The normalized spacial score (nSPS) is 17.2. The Morgan fingerprint density at radius 2 is 1.57 bits per heavy atom. The van der Waals surface area contributed by atoms with Gasteiger partial charge in [0.2, 0.25) is 11.8 Å². The van der Waals surface area contributed by atoms with Gasteiger partial charge >= 0.3 is 0 Å². The lowest BCUT2D eigenvalue weighted by Gasteiger charge is -2.13. The van der Waals surface area contributed by atoms with Crippen molar-refractivity contribution in [1.29, 1.82) is 0 Å². The Bertz CT molecular complexity index is 1520. The second-order valence-electron chi connectivity index (χ2n) is 9.02. The van der Waals surface area contributed by atoms with Crippen molar-refractivity contribution in [3.63, 3.8) is 0 Å². The van der Waals surface area contributed by atoms with Gasteiger partial charge in [0.15, 0.2) is 5.82 Å². The largest absolute Gasteiger partial charge is 0.326 e. The maximum Gasteiger partial charge on any atom is 0.257 e. The van der Waals surface area contributed by atoms with Gasteiger partial charge in [-0.15, -0.1) is 23.2 Å². The molecule has 0 aliphatic heterocycles. The molecule has 210 valence electrons. The molecular weight excluding hydrogens is 613 g/mol. The Morgan fingerprint density at radius 1 is 0.875 bits per heavy atom. The Balaban J connectivity index is 1.51. The Labute approximate surface area is 247 Å². The molecule has 0 aromatic heterocycles. The van der Waals surface area contributed by atoms with E-state index in [0.29, 0.717) is 12.0 Å². The summed E-state index contributed by atoms with van der Waals surface area (Å²) in [5, 5.41) is 6.89. The zero-order chi connectivity index (χ0) is 29.4. The summed E-state index contributed by atoms with van der Waals surface area (Å²) in [6.07, 6.45) is 0.521. The number of hydrogen-bond donors (Lipinski definition) is 3. The van der Waals surface area contributed by atoms with E-state index in [1.54, 1.807) is 6.92 Å². The Morgan fingerprint density at radius 3 is 2.25 bits per heavy atom. The van der Waals surface area contributed by atoms with E-state index in [1.807, 2.05) is 0 Å². The number of carbonyl (C=O) groups excluding carboxylic acids is 3. The lowest BCUT2D eigenvalue weighted by Crippen LogP contribution is -2.19. The van der Waals surface area contributed by atoms with Crippen LogP contribution in [-0.2, 0) is 9.59 Å². The molecule has 2 atom stereocenters. The van der Waals surface area contributed by atoms with E-state index in [-0.39, 0.29) is 27.7 Å². The highest BCUT2D eigenvalue weighted by molar-refractivity contribution is 6.53. The van der Waals surface area contributed by atoms with Crippen LogP contribution < -0.4 is 16.0 Å². The summed E-state index contributed by atoms with van der Waals surface area (Å²) in [4.78, 5) is 37.8. The van der Waals surface area contributed by atoms with Gasteiger partial charge < -0.3 is 16.0 Å². The molecule has 0 unspecified atom stereocenters. The van der Waals surface area contributed by atoms with E-state index in [2.05, 4.69) is 16.0 Å². The molecule has 3 amide bonds. The molecule has 1 fully saturated rings. The highest BCUT2D eigenvalue weighted by Crippen LogP contribution is 2.65. The molecule has 13 heteroatoms. The van der Waals surface area contributed by atoms with E-state index in [9.17, 15) is 27.6 Å². The minimum absolute atomic E-state index is 0.0243. The third-order valence-corrected chi connectivity index (χ3v) is 7.76. The molecule has 0 bridgehead atoms. The summed E-state index contributed by atoms with van der Waals surface area (Å²) in [5.41, 5.74) is -0.620. The predicted molar refractivity (Wildman–Crippen MR) is 150 cm³/mol. The predicted octanol–water partition coefficient (Wildman–Crippen LogP) is 7.93. The smallest absolute Gasteiger partial charge is 0.257 e. The fraction of sp³-hybridized carbons (Fsp3) is 0.222. The highest BCUT2D eigenvalue weighted by Gasteiger charge is 2.67. The topological polar surface area (TPSA) is 87.3 Å². The van der Waals surface area contributed by atoms with Gasteiger partial charge in [0.1, 0.15) is 21.7 Å². The number of nitrogens with one attached hydrogen (secondary N) is 3. The van der Waals surface area contributed by atoms with Crippen LogP contribution in [0.5, 0.6) is 0 Å². The zero-order valence-electron chi connectivity index (χ0n) is 20.6. The van der Waals surface area contributed by atoms with E-state index in [4.69, 9.17) is 46.4 Å². The number of rotatable bonds is 8. The molecule has 1 aliphatic carbocycles. The lowest BCUT2D eigenvalue weighted by molar-refractivity contribution is -0.117. The van der Waals surface area contributed by atoms with Crippen molar-refractivity contribution in [2.24, 2.45) is 5.92 Å². The summed E-state index contributed by atoms with van der Waals surface area (Å²) < 4.78 is 41.2. The summed E-state index contributed by atoms with van der Waals surface area (Å²) in [7, 11) is 0. The first-order valence-electron chi connectivity index (χ1n) is 11.9. The average molecular weight is 633 g/mol. The molecule has 6 nitrogen and oxygen atoms in total. The van der Waals surface area contributed by atoms with Crippen LogP contribution in [0.15, 0.2) is 48.5 Å². The van der Waals surface area contributed by atoms with Gasteiger partial charge in [0.25, 0.3) is 5.91 Å². The fourth-order valence-corrected chi connectivity index (χ4v) is 5.37. The summed E-state index contributed by atoms with van der Waals surface area (Å²) in [6, 6.07) is 9.81. The Hall–Kier alpha value is -2.98. The van der Waals surface area contributed by atoms with E-state index in [0.717, 1.165) is 18.2 Å². The lowest BCUT2D eigenvalue weighted by atomic mass is 10.1. The van der Waals surface area contributed by atoms with Crippen molar-refractivity contribution in [1.82, 2.24) is 0 Å². The van der Waals surface area contributed by atoms with Crippen LogP contribution in [0.25, 0.3) is 0 Å². The highest BCUT2D eigenvalue weighted by atomic mass is 35.5. The molecule has 1 aliphatic rings. The quantitative estimate of drug-likeness (QED) is 0.220. The van der Waals surface area contributed by atoms with Crippen LogP contribution in [0.4, 0.5) is 30.2 Å². The van der Waals surface area contributed by atoms with Gasteiger partial charge in [0, 0.05) is 18.0 Å². The minimum Gasteiger partial charge on any atom is -0.326 e. The standard InChI is InChI=1S/C27H20Cl4F3N3O3/c1-2-3-20(38)37-24-18(33)8-9-19(23(24)34)36-25(39)14-11-13(5-6-15(14)28)35-26(40)22-21(27(22,30)31)12-4-7-17(32)16(29)10-12/h4-11,21-22H,2-3H2,1H3,(H,35,40)(H,36,39)(H,37,38)/t21-,22+/m0/s1. The molecular formula is C27H20Cl4F3N3O3. The molecule has 3 aromatic rings. The van der Waals surface area contributed by atoms with Gasteiger partial charge in [-0.3, -0.25) is 14.4 Å². The molecule has 0 spiro atoms.